The smallest absolute Gasteiger partial charge is 0.166 e. The Hall–Kier alpha value is -2.29. The minimum atomic E-state index is 0.747. The lowest BCUT2D eigenvalue weighted by molar-refractivity contribution is 0.628. The summed E-state index contributed by atoms with van der Waals surface area (Å²) >= 11 is 0. The van der Waals surface area contributed by atoms with Crippen molar-refractivity contribution in [2.24, 2.45) is 5.10 Å². The van der Waals surface area contributed by atoms with E-state index >= 15 is 0 Å². The molecule has 3 nitrogen and oxygen atoms in total. The Morgan fingerprint density at radius 1 is 1.27 bits per heavy atom. The fourth-order valence-corrected chi connectivity index (χ4v) is 2.33. The molecule has 0 unspecified atom stereocenters. The average Bonchev–Trinajstić information content (AvgIpc) is 2.86. The van der Waals surface area contributed by atoms with E-state index in [4.69, 9.17) is 0 Å². The van der Waals surface area contributed by atoms with Crippen molar-refractivity contribution in [1.29, 1.82) is 0 Å². The van der Waals surface area contributed by atoms with Gasteiger partial charge in [-0.2, -0.15) is 5.10 Å². The van der Waals surface area contributed by atoms with Gasteiger partial charge >= 0.3 is 0 Å². The van der Waals surface area contributed by atoms with E-state index in [0.717, 1.165) is 28.5 Å². The second kappa shape index (κ2) is 7.64. The Morgan fingerprint density at radius 3 is 2.45 bits per heavy atom. The van der Waals surface area contributed by atoms with Crippen LogP contribution in [0.5, 0.6) is 0 Å². The number of hydrogen-bond donors (Lipinski definition) is 1. The van der Waals surface area contributed by atoms with E-state index in [9.17, 15) is 0 Å². The molecule has 1 aromatic rings. The van der Waals surface area contributed by atoms with E-state index in [1.165, 1.54) is 11.1 Å². The molecule has 2 rings (SSSR count). The quantitative estimate of drug-likeness (QED) is 0.808. The minimum Gasteiger partial charge on any atom is -0.278 e. The topological polar surface area (TPSA) is 27.6 Å². The van der Waals surface area contributed by atoms with Gasteiger partial charge in [-0.3, -0.25) is 10.3 Å². The van der Waals surface area contributed by atoms with E-state index < -0.39 is 0 Å². The second-order valence-corrected chi connectivity index (χ2v) is 5.10. The van der Waals surface area contributed by atoms with Crippen molar-refractivity contribution in [3.63, 3.8) is 0 Å². The first-order chi connectivity index (χ1) is 10.5. The fourth-order valence-electron chi connectivity index (χ4n) is 2.33. The van der Waals surface area contributed by atoms with Crippen LogP contribution in [0.1, 0.15) is 44.4 Å². The van der Waals surface area contributed by atoms with Crippen LogP contribution in [0.2, 0.25) is 0 Å². The van der Waals surface area contributed by atoms with Gasteiger partial charge in [0.1, 0.15) is 5.82 Å². The van der Waals surface area contributed by atoms with Gasteiger partial charge in [0.05, 0.1) is 0 Å². The number of hydrogen-bond acceptors (Lipinski definition) is 3. The van der Waals surface area contributed by atoms with Gasteiger partial charge in [0, 0.05) is 11.3 Å². The van der Waals surface area contributed by atoms with E-state index in [1.807, 2.05) is 38.7 Å². The van der Waals surface area contributed by atoms with Crippen LogP contribution in [0.4, 0.5) is 0 Å². The van der Waals surface area contributed by atoms with Gasteiger partial charge in [0.25, 0.3) is 0 Å². The molecule has 1 aromatic carbocycles. The van der Waals surface area contributed by atoms with Crippen LogP contribution in [-0.4, -0.2) is 10.7 Å². The molecule has 22 heavy (non-hydrogen) atoms. The summed E-state index contributed by atoms with van der Waals surface area (Å²) in [5, 5.41) is 4.43. The lowest BCUT2D eigenvalue weighted by Gasteiger charge is -2.24. The second-order valence-electron chi connectivity index (χ2n) is 5.10. The lowest BCUT2D eigenvalue weighted by Crippen LogP contribution is -2.28. The van der Waals surface area contributed by atoms with Gasteiger partial charge in [-0.25, -0.2) is 0 Å². The standard InChI is InChI=1S/C17H21N3.C2H6/c1-7-16(11(2)3)20-14(6)18-19-17(20)15-10-12(4)8-9-13(15)5;1-2/h7-10,18H,2,6H2,1,3-5H3;1-2H3/b16-7+;. The fraction of sp³-hybridized carbons (Fsp3) is 0.316. The van der Waals surface area contributed by atoms with Crippen LogP contribution >= 0.6 is 0 Å². The lowest BCUT2D eigenvalue weighted by atomic mass is 10.0. The summed E-state index contributed by atoms with van der Waals surface area (Å²) in [5.74, 6) is 1.62. The monoisotopic (exact) mass is 297 g/mol. The highest BCUT2D eigenvalue weighted by atomic mass is 15.5. The zero-order chi connectivity index (χ0) is 16.9. The summed E-state index contributed by atoms with van der Waals surface area (Å²) in [4.78, 5) is 2.02. The van der Waals surface area contributed by atoms with Gasteiger partial charge in [-0.15, -0.1) is 0 Å². The Labute approximate surface area is 134 Å². The first kappa shape index (κ1) is 17.8. The number of allylic oxidation sites excluding steroid dienone is 2. The molecule has 0 amide bonds. The third-order valence-electron chi connectivity index (χ3n) is 3.36. The summed E-state index contributed by atoms with van der Waals surface area (Å²) in [6.45, 7) is 20.2. The summed E-state index contributed by atoms with van der Waals surface area (Å²) in [6.07, 6.45) is 2.03. The molecular formula is C19H27N3. The van der Waals surface area contributed by atoms with Crippen molar-refractivity contribution in [3.8, 4) is 0 Å². The van der Waals surface area contributed by atoms with Crippen molar-refractivity contribution in [2.45, 2.75) is 41.5 Å². The average molecular weight is 297 g/mol. The first-order valence-corrected chi connectivity index (χ1v) is 7.68. The molecule has 3 heteroatoms. The summed E-state index contributed by atoms with van der Waals surface area (Å²) in [7, 11) is 0. The maximum atomic E-state index is 4.43. The molecule has 118 valence electrons. The van der Waals surface area contributed by atoms with Crippen molar-refractivity contribution in [1.82, 2.24) is 10.3 Å². The molecule has 1 heterocycles. The normalized spacial score (nSPS) is 14.1. The van der Waals surface area contributed by atoms with Crippen LogP contribution in [-0.2, 0) is 0 Å². The largest absolute Gasteiger partial charge is 0.278 e. The summed E-state index contributed by atoms with van der Waals surface area (Å²) in [5.41, 5.74) is 8.47. The molecule has 1 N–H and O–H groups in total. The molecule has 0 radical (unpaired) electrons. The summed E-state index contributed by atoms with van der Waals surface area (Å²) in [6, 6.07) is 6.37. The van der Waals surface area contributed by atoms with Crippen LogP contribution in [0, 0.1) is 13.8 Å². The number of nitrogens with zero attached hydrogens (tertiary/aromatic N) is 2. The van der Waals surface area contributed by atoms with Gasteiger partial charge in [-0.05, 0) is 44.9 Å². The van der Waals surface area contributed by atoms with Crippen LogP contribution in [0.3, 0.4) is 0 Å². The molecule has 0 bridgehead atoms. The summed E-state index contributed by atoms with van der Waals surface area (Å²) < 4.78 is 0. The highest BCUT2D eigenvalue weighted by Gasteiger charge is 2.26. The van der Waals surface area contributed by atoms with E-state index in [2.05, 4.69) is 55.7 Å². The number of amidine groups is 1. The first-order valence-electron chi connectivity index (χ1n) is 7.68. The Balaban J connectivity index is 0.00000116. The molecule has 0 saturated heterocycles. The molecule has 0 atom stereocenters. The Kier molecular flexibility index (Phi) is 6.17. The molecule has 0 aliphatic carbocycles. The zero-order valence-corrected chi connectivity index (χ0v) is 14.6. The highest BCUT2D eigenvalue weighted by molar-refractivity contribution is 6.03. The Morgan fingerprint density at radius 2 is 1.91 bits per heavy atom. The van der Waals surface area contributed by atoms with Crippen molar-refractivity contribution >= 4 is 5.84 Å². The molecular weight excluding hydrogens is 270 g/mol. The third kappa shape index (κ3) is 3.48. The molecule has 0 saturated carbocycles. The molecule has 0 spiro atoms. The predicted octanol–water partition coefficient (Wildman–Crippen LogP) is 4.85. The van der Waals surface area contributed by atoms with E-state index in [-0.39, 0.29) is 0 Å². The Bertz CT molecular complexity index is 636. The van der Waals surface area contributed by atoms with Crippen LogP contribution < -0.4 is 5.43 Å². The van der Waals surface area contributed by atoms with Crippen LogP contribution in [0.15, 0.2) is 59.6 Å². The zero-order valence-electron chi connectivity index (χ0n) is 14.6. The number of aryl methyl sites for hydroxylation is 2. The SMILES string of the molecule is C=C(C)/C(=C\C)N1C(=C)NN=C1c1cc(C)ccc1C.CC. The molecule has 0 fully saturated rings. The van der Waals surface area contributed by atoms with Gasteiger partial charge in [-0.1, -0.05) is 50.8 Å². The van der Waals surface area contributed by atoms with E-state index in [0.29, 0.717) is 0 Å². The predicted molar refractivity (Wildman–Crippen MR) is 96.5 cm³/mol. The van der Waals surface area contributed by atoms with Crippen molar-refractivity contribution in [2.75, 3.05) is 0 Å². The van der Waals surface area contributed by atoms with Gasteiger partial charge in [0.15, 0.2) is 5.84 Å². The van der Waals surface area contributed by atoms with E-state index in [1.54, 1.807) is 0 Å². The minimum absolute atomic E-state index is 0.747. The maximum absolute atomic E-state index is 4.43. The van der Waals surface area contributed by atoms with Gasteiger partial charge in [0.2, 0.25) is 0 Å². The van der Waals surface area contributed by atoms with Crippen LogP contribution in [0.25, 0.3) is 0 Å². The number of benzene rings is 1. The molecule has 1 aliphatic rings. The molecule has 0 aromatic heterocycles. The highest BCUT2D eigenvalue weighted by Crippen LogP contribution is 2.26. The maximum Gasteiger partial charge on any atom is 0.166 e. The van der Waals surface area contributed by atoms with Crippen molar-refractivity contribution < 1.29 is 0 Å². The molecule has 1 aliphatic heterocycles. The van der Waals surface area contributed by atoms with Crippen molar-refractivity contribution in [3.05, 3.63) is 71.2 Å². The third-order valence-corrected chi connectivity index (χ3v) is 3.36. The van der Waals surface area contributed by atoms with Gasteiger partial charge < -0.3 is 0 Å². The number of rotatable bonds is 3. The number of nitrogens with one attached hydrogen (secondary N) is 1. The number of hydrazone groups is 1.